The predicted molar refractivity (Wildman–Crippen MR) is 112 cm³/mol. The summed E-state index contributed by atoms with van der Waals surface area (Å²) in [5.74, 6) is -1.23. The second-order valence-electron chi connectivity index (χ2n) is 6.42. The largest absolute Gasteiger partial charge is 0.396 e. The molecule has 0 fully saturated rings. The van der Waals surface area contributed by atoms with Crippen molar-refractivity contribution in [1.82, 2.24) is 10.0 Å². The summed E-state index contributed by atoms with van der Waals surface area (Å²) in [5.41, 5.74) is 3.39. The number of carbonyl (C=O) groups is 2. The molecule has 1 unspecified atom stereocenters. The number of hydrogen-bond acceptors (Lipinski definition) is 6. The maximum Gasteiger partial charge on any atom is 0.278 e. The van der Waals surface area contributed by atoms with E-state index in [2.05, 4.69) is 10.8 Å². The minimum absolute atomic E-state index is 0.0734. The average Bonchev–Trinajstić information content (AvgIpc) is 3.02. The van der Waals surface area contributed by atoms with E-state index in [-0.39, 0.29) is 48.2 Å². The Morgan fingerprint density at radius 1 is 1.27 bits per heavy atom. The number of aliphatic hydroxyl groups excluding tert-OH is 2. The van der Waals surface area contributed by atoms with Crippen molar-refractivity contribution in [2.24, 2.45) is 7.05 Å². The number of aliphatic hydroxyl groups is 2. The standard InChI is InChI=1S/C19H24FN3O5.C2H6/c1-11-4-5-16(15(20)8-11)21-18-14(9-17(12(2)25)23(18)3)19(27)22-28-10-13(26)6-7-24;1-2/h4-5,8-9,13,21,24,26H,6-7,10H2,1-3H3,(H,22,27);1-2H3. The van der Waals surface area contributed by atoms with Crippen molar-refractivity contribution >= 4 is 23.2 Å². The van der Waals surface area contributed by atoms with Gasteiger partial charge in [0.25, 0.3) is 5.91 Å². The number of hydroxylamine groups is 1. The number of rotatable bonds is 9. The number of amides is 1. The molecule has 0 radical (unpaired) electrons. The van der Waals surface area contributed by atoms with Crippen molar-refractivity contribution in [1.29, 1.82) is 0 Å². The maximum absolute atomic E-state index is 14.2. The SMILES string of the molecule is CC.CC(=O)c1cc(C(=O)NOCC(O)CCO)c(Nc2ccc(C)cc2F)n1C. The van der Waals surface area contributed by atoms with E-state index in [1.807, 2.05) is 13.8 Å². The van der Waals surface area contributed by atoms with Gasteiger partial charge in [0.1, 0.15) is 18.2 Å². The highest BCUT2D eigenvalue weighted by atomic mass is 19.1. The summed E-state index contributed by atoms with van der Waals surface area (Å²) in [4.78, 5) is 29.3. The first kappa shape index (κ1) is 25.3. The summed E-state index contributed by atoms with van der Waals surface area (Å²) in [5, 5.41) is 21.1. The molecular weight excluding hydrogens is 393 g/mol. The van der Waals surface area contributed by atoms with Crippen LogP contribution in [0.4, 0.5) is 15.9 Å². The van der Waals surface area contributed by atoms with E-state index in [1.54, 1.807) is 20.0 Å². The van der Waals surface area contributed by atoms with Gasteiger partial charge in [-0.05, 0) is 37.1 Å². The molecule has 1 amide bonds. The molecule has 2 rings (SSSR count). The number of hydrogen-bond donors (Lipinski definition) is 4. The molecule has 1 atom stereocenters. The summed E-state index contributed by atoms with van der Waals surface area (Å²) in [6, 6.07) is 5.97. The van der Waals surface area contributed by atoms with Crippen LogP contribution in [0, 0.1) is 12.7 Å². The van der Waals surface area contributed by atoms with Gasteiger partial charge in [-0.2, -0.15) is 0 Å². The van der Waals surface area contributed by atoms with Gasteiger partial charge in [-0.1, -0.05) is 19.9 Å². The van der Waals surface area contributed by atoms with E-state index in [0.29, 0.717) is 0 Å². The van der Waals surface area contributed by atoms with Crippen molar-refractivity contribution in [3.63, 3.8) is 0 Å². The second kappa shape index (κ2) is 12.1. The molecule has 1 aromatic heterocycles. The fourth-order valence-corrected chi connectivity index (χ4v) is 2.60. The molecule has 0 bridgehead atoms. The lowest BCUT2D eigenvalue weighted by Crippen LogP contribution is -2.29. The Labute approximate surface area is 175 Å². The number of nitrogens with zero attached hydrogens (tertiary/aromatic N) is 1. The monoisotopic (exact) mass is 423 g/mol. The minimum Gasteiger partial charge on any atom is -0.396 e. The van der Waals surface area contributed by atoms with Crippen molar-refractivity contribution in [3.8, 4) is 0 Å². The number of halogens is 1. The number of aryl methyl sites for hydroxylation is 1. The molecule has 8 nitrogen and oxygen atoms in total. The lowest BCUT2D eigenvalue weighted by atomic mass is 10.2. The van der Waals surface area contributed by atoms with Crippen molar-refractivity contribution in [2.45, 2.75) is 40.2 Å². The molecule has 9 heteroatoms. The van der Waals surface area contributed by atoms with Gasteiger partial charge in [0, 0.05) is 20.6 Å². The first-order valence-corrected chi connectivity index (χ1v) is 9.69. The highest BCUT2D eigenvalue weighted by molar-refractivity contribution is 6.03. The number of benzene rings is 1. The lowest BCUT2D eigenvalue weighted by molar-refractivity contribution is -0.0188. The zero-order valence-corrected chi connectivity index (χ0v) is 18.0. The lowest BCUT2D eigenvalue weighted by Gasteiger charge is -2.13. The highest BCUT2D eigenvalue weighted by Gasteiger charge is 2.22. The number of aromatic nitrogens is 1. The van der Waals surface area contributed by atoms with Gasteiger partial charge < -0.3 is 20.1 Å². The number of anilines is 2. The van der Waals surface area contributed by atoms with Gasteiger partial charge >= 0.3 is 0 Å². The highest BCUT2D eigenvalue weighted by Crippen LogP contribution is 2.27. The summed E-state index contributed by atoms with van der Waals surface area (Å²) in [6.45, 7) is 6.68. The van der Waals surface area contributed by atoms with Crippen LogP contribution in [0.15, 0.2) is 24.3 Å². The van der Waals surface area contributed by atoms with E-state index in [1.165, 1.54) is 29.7 Å². The fraction of sp³-hybridized carbons (Fsp3) is 0.429. The quantitative estimate of drug-likeness (QED) is 0.364. The van der Waals surface area contributed by atoms with Crippen LogP contribution in [-0.2, 0) is 11.9 Å². The summed E-state index contributed by atoms with van der Waals surface area (Å²) in [7, 11) is 1.58. The first-order chi connectivity index (χ1) is 14.2. The molecule has 0 aliphatic heterocycles. The third-order valence-electron chi connectivity index (χ3n) is 4.12. The molecule has 0 aliphatic rings. The van der Waals surface area contributed by atoms with Crippen LogP contribution in [0.5, 0.6) is 0 Å². The molecule has 166 valence electrons. The van der Waals surface area contributed by atoms with E-state index in [4.69, 9.17) is 9.94 Å². The maximum atomic E-state index is 14.2. The first-order valence-electron chi connectivity index (χ1n) is 9.69. The van der Waals surface area contributed by atoms with Crippen LogP contribution >= 0.6 is 0 Å². The molecule has 30 heavy (non-hydrogen) atoms. The Morgan fingerprint density at radius 2 is 1.93 bits per heavy atom. The van der Waals surface area contributed by atoms with Crippen LogP contribution < -0.4 is 10.8 Å². The molecule has 4 N–H and O–H groups in total. The van der Waals surface area contributed by atoms with Crippen molar-refractivity contribution < 1.29 is 29.0 Å². The molecule has 0 aliphatic carbocycles. The normalized spacial score (nSPS) is 11.3. The summed E-state index contributed by atoms with van der Waals surface area (Å²) in [6.07, 6.45) is -0.831. The van der Waals surface area contributed by atoms with Crippen LogP contribution in [0.3, 0.4) is 0 Å². The van der Waals surface area contributed by atoms with Crippen molar-refractivity contribution in [3.05, 3.63) is 46.9 Å². The third-order valence-corrected chi connectivity index (χ3v) is 4.12. The second-order valence-corrected chi connectivity index (χ2v) is 6.42. The molecule has 1 heterocycles. The van der Waals surface area contributed by atoms with E-state index in [0.717, 1.165) is 5.56 Å². The molecule has 0 spiro atoms. The summed E-state index contributed by atoms with van der Waals surface area (Å²) < 4.78 is 15.7. The number of ketones is 1. The van der Waals surface area contributed by atoms with E-state index < -0.39 is 17.8 Å². The van der Waals surface area contributed by atoms with Crippen LogP contribution in [0.1, 0.15) is 53.6 Å². The fourth-order valence-electron chi connectivity index (χ4n) is 2.60. The van der Waals surface area contributed by atoms with Gasteiger partial charge in [-0.3, -0.25) is 14.4 Å². The van der Waals surface area contributed by atoms with Gasteiger partial charge in [0.15, 0.2) is 5.78 Å². The van der Waals surface area contributed by atoms with E-state index in [9.17, 15) is 19.1 Å². The Bertz CT molecular complexity index is 867. The van der Waals surface area contributed by atoms with Crippen LogP contribution in [-0.4, -0.2) is 45.8 Å². The molecular formula is C21H30FN3O5. The smallest absolute Gasteiger partial charge is 0.278 e. The zero-order chi connectivity index (χ0) is 22.8. The molecule has 0 saturated carbocycles. The average molecular weight is 423 g/mol. The number of nitrogens with one attached hydrogen (secondary N) is 2. The Kier molecular flexibility index (Phi) is 10.2. The minimum atomic E-state index is -0.937. The molecule has 1 aromatic carbocycles. The van der Waals surface area contributed by atoms with Gasteiger partial charge in [0.2, 0.25) is 0 Å². The molecule has 0 saturated heterocycles. The topological polar surface area (TPSA) is 113 Å². The number of carbonyl (C=O) groups excluding carboxylic acids is 2. The third kappa shape index (κ3) is 6.65. The predicted octanol–water partition coefficient (Wildman–Crippen LogP) is 2.85. The molecule has 2 aromatic rings. The van der Waals surface area contributed by atoms with Crippen molar-refractivity contribution in [2.75, 3.05) is 18.5 Å². The number of Topliss-reactive ketones (excluding diaryl/α,β-unsaturated/α-hetero) is 1. The Morgan fingerprint density at radius 3 is 2.50 bits per heavy atom. The van der Waals surface area contributed by atoms with Gasteiger partial charge in [-0.25, -0.2) is 9.87 Å². The van der Waals surface area contributed by atoms with E-state index >= 15 is 0 Å². The van der Waals surface area contributed by atoms with Gasteiger partial charge in [-0.15, -0.1) is 0 Å². The Balaban J connectivity index is 0.00000218. The zero-order valence-electron chi connectivity index (χ0n) is 18.0. The summed E-state index contributed by atoms with van der Waals surface area (Å²) >= 11 is 0. The van der Waals surface area contributed by atoms with Gasteiger partial charge in [0.05, 0.1) is 23.0 Å². The van der Waals surface area contributed by atoms with Crippen LogP contribution in [0.2, 0.25) is 0 Å². The van der Waals surface area contributed by atoms with Crippen LogP contribution in [0.25, 0.3) is 0 Å². The Hall–Kier alpha value is -2.75.